The molecule has 1 heterocycles. The maximum Gasteiger partial charge on any atom is 0.0707 e. The van der Waals surface area contributed by atoms with E-state index in [9.17, 15) is 0 Å². The number of allylic oxidation sites excluding steroid dienone is 2. The molecule has 2 heteroatoms. The molecule has 0 amide bonds. The van der Waals surface area contributed by atoms with Gasteiger partial charge in [-0.1, -0.05) is 182 Å². The van der Waals surface area contributed by atoms with Crippen molar-refractivity contribution in [2.24, 2.45) is 17.8 Å². The van der Waals surface area contributed by atoms with Gasteiger partial charge in [0.05, 0.1) is 22.1 Å². The van der Waals surface area contributed by atoms with Gasteiger partial charge in [0, 0.05) is 38.6 Å². The molecule has 2 bridgehead atoms. The molecule has 68 heavy (non-hydrogen) atoms. The second-order valence-electron chi connectivity index (χ2n) is 20.2. The molecule has 9 aromatic carbocycles. The number of aromatic nitrogens is 1. The summed E-state index contributed by atoms with van der Waals surface area (Å²) in [7, 11) is 0. The number of anilines is 3. The van der Waals surface area contributed by atoms with E-state index in [1.165, 1.54) is 109 Å². The second kappa shape index (κ2) is 16.1. The van der Waals surface area contributed by atoms with E-state index in [-0.39, 0.29) is 5.41 Å². The van der Waals surface area contributed by atoms with E-state index >= 15 is 0 Å². The fourth-order valence-corrected chi connectivity index (χ4v) is 13.8. The second-order valence-corrected chi connectivity index (χ2v) is 20.2. The zero-order valence-electron chi connectivity index (χ0n) is 39.0. The Kier molecular flexibility index (Phi) is 9.68. The van der Waals surface area contributed by atoms with Crippen molar-refractivity contribution >= 4 is 49.6 Å². The quantitative estimate of drug-likeness (QED) is 0.145. The summed E-state index contributed by atoms with van der Waals surface area (Å²) >= 11 is 0. The van der Waals surface area contributed by atoms with Gasteiger partial charge in [0.2, 0.25) is 0 Å². The molecule has 3 aliphatic carbocycles. The van der Waals surface area contributed by atoms with E-state index in [1.807, 2.05) is 0 Å². The molecule has 10 aromatic rings. The monoisotopic (exact) mass is 876 g/mol. The van der Waals surface area contributed by atoms with Gasteiger partial charge in [-0.25, -0.2) is 0 Å². The van der Waals surface area contributed by atoms with Gasteiger partial charge in [0.1, 0.15) is 0 Å². The summed E-state index contributed by atoms with van der Waals surface area (Å²) in [6.07, 6.45) is 8.74. The summed E-state index contributed by atoms with van der Waals surface area (Å²) in [4.78, 5) is 2.54. The summed E-state index contributed by atoms with van der Waals surface area (Å²) in [5, 5.41) is 5.01. The van der Waals surface area contributed by atoms with E-state index in [1.54, 1.807) is 5.57 Å². The van der Waals surface area contributed by atoms with Crippen LogP contribution in [-0.2, 0) is 10.8 Å². The van der Waals surface area contributed by atoms with Gasteiger partial charge < -0.3 is 9.47 Å². The minimum Gasteiger partial charge on any atom is -0.310 e. The van der Waals surface area contributed by atoms with Crippen molar-refractivity contribution in [3.05, 3.63) is 263 Å². The van der Waals surface area contributed by atoms with Crippen LogP contribution < -0.4 is 4.90 Å². The Labute approximate surface area is 400 Å². The lowest BCUT2D eigenvalue weighted by Crippen LogP contribution is -2.48. The molecule has 1 unspecified atom stereocenters. The molecule has 0 aliphatic heterocycles. The first kappa shape index (κ1) is 40.8. The van der Waals surface area contributed by atoms with E-state index < -0.39 is 5.41 Å². The highest BCUT2D eigenvalue weighted by molar-refractivity contribution is 6.09. The van der Waals surface area contributed by atoms with Crippen molar-refractivity contribution < 1.29 is 0 Å². The van der Waals surface area contributed by atoms with Crippen molar-refractivity contribution in [1.82, 2.24) is 4.57 Å². The van der Waals surface area contributed by atoms with Crippen LogP contribution in [0.15, 0.2) is 230 Å². The minimum atomic E-state index is -0.524. The molecule has 4 atom stereocenters. The van der Waals surface area contributed by atoms with Crippen molar-refractivity contribution in [3.63, 3.8) is 0 Å². The Morgan fingerprint density at radius 3 is 1.65 bits per heavy atom. The highest BCUT2D eigenvalue weighted by atomic mass is 15.1. The molecule has 3 aliphatic rings. The van der Waals surface area contributed by atoms with Gasteiger partial charge in [-0.2, -0.15) is 0 Å². The number of nitrogens with zero attached hydrogens (tertiary/aromatic N) is 2. The standard InChI is InChI=1S/C66H56N2/c1-3-45-39-46-41-47(40-45)43-51(42-46)65(2)58-28-14-15-29-59(58)66(49-21-6-4-7-22-49,50-23-8-5-9-24-50)60-38-37-54(44-61(60)65)67(62-32-18-20-48-19-10-11-25-55(48)62)52-33-35-53(36-34-52)68-63-30-16-12-26-56(63)57-27-13-17-31-64(57)68/h3-38,44,46-47,51H,39-43H2,1-2H3/t46-,47+,51?,65-/m0/s1. The van der Waals surface area contributed by atoms with Crippen LogP contribution in [0.4, 0.5) is 17.1 Å². The summed E-state index contributed by atoms with van der Waals surface area (Å²) in [5.41, 5.74) is 16.3. The average molecular weight is 877 g/mol. The van der Waals surface area contributed by atoms with Crippen LogP contribution >= 0.6 is 0 Å². The van der Waals surface area contributed by atoms with Gasteiger partial charge in [-0.15, -0.1) is 0 Å². The largest absolute Gasteiger partial charge is 0.310 e. The van der Waals surface area contributed by atoms with Gasteiger partial charge in [-0.3, -0.25) is 0 Å². The summed E-state index contributed by atoms with van der Waals surface area (Å²) in [6.45, 7) is 4.90. The summed E-state index contributed by atoms with van der Waals surface area (Å²) < 4.78 is 2.42. The maximum atomic E-state index is 2.64. The fraction of sp³-hybridized carbons (Fsp3) is 0.182. The number of fused-ring (bicyclic) bond motifs is 8. The molecule has 0 N–H and O–H groups in total. The Balaban J connectivity index is 1.07. The normalized spacial score (nSPS) is 21.1. The molecule has 330 valence electrons. The van der Waals surface area contributed by atoms with E-state index in [2.05, 4.69) is 248 Å². The van der Waals surface area contributed by atoms with Crippen LogP contribution in [0.2, 0.25) is 0 Å². The van der Waals surface area contributed by atoms with Gasteiger partial charge in [0.25, 0.3) is 0 Å². The molecular weight excluding hydrogens is 821 g/mol. The SMILES string of the molecule is CC=C1C[C@@H]2CC([C@@]3(C)c4ccccc4C(c4ccccc4)(c4ccccc4)c4ccc(N(c5ccc(-n6c7ccccc7c7ccccc76)cc5)c5cccc6ccccc56)cc43)C[C@H](C1)C2. The first-order valence-electron chi connectivity index (χ1n) is 24.9. The average Bonchev–Trinajstić information content (AvgIpc) is 3.74. The third-order valence-corrected chi connectivity index (χ3v) is 16.7. The third-order valence-electron chi connectivity index (χ3n) is 16.7. The van der Waals surface area contributed by atoms with Gasteiger partial charge >= 0.3 is 0 Å². The Morgan fingerprint density at radius 1 is 0.471 bits per heavy atom. The van der Waals surface area contributed by atoms with Crippen LogP contribution in [0.5, 0.6) is 0 Å². The number of hydrogen-bond donors (Lipinski definition) is 0. The molecule has 0 saturated heterocycles. The highest BCUT2D eigenvalue weighted by Crippen LogP contribution is 2.62. The molecule has 2 nitrogen and oxygen atoms in total. The topological polar surface area (TPSA) is 8.17 Å². The molecule has 2 saturated carbocycles. The van der Waals surface area contributed by atoms with E-state index in [0.29, 0.717) is 17.8 Å². The Bertz CT molecular complexity index is 3430. The first-order valence-corrected chi connectivity index (χ1v) is 24.9. The number of rotatable bonds is 7. The minimum absolute atomic E-state index is 0.246. The van der Waals surface area contributed by atoms with Gasteiger partial charge in [-0.05, 0) is 150 Å². The molecular formula is C66H56N2. The van der Waals surface area contributed by atoms with Gasteiger partial charge in [0.15, 0.2) is 0 Å². The van der Waals surface area contributed by atoms with E-state index in [4.69, 9.17) is 0 Å². The summed E-state index contributed by atoms with van der Waals surface area (Å²) in [5.74, 6) is 1.91. The molecule has 1 aromatic heterocycles. The zero-order chi connectivity index (χ0) is 45.4. The van der Waals surface area contributed by atoms with Crippen molar-refractivity contribution in [1.29, 1.82) is 0 Å². The zero-order valence-corrected chi connectivity index (χ0v) is 39.0. The highest BCUT2D eigenvalue weighted by Gasteiger charge is 2.54. The van der Waals surface area contributed by atoms with Crippen molar-refractivity contribution in [2.45, 2.75) is 56.8 Å². The number of para-hydroxylation sites is 2. The predicted octanol–water partition coefficient (Wildman–Crippen LogP) is 17.2. The van der Waals surface area contributed by atoms with Crippen molar-refractivity contribution in [3.8, 4) is 5.69 Å². The van der Waals surface area contributed by atoms with Crippen LogP contribution in [0.3, 0.4) is 0 Å². The first-order chi connectivity index (χ1) is 33.5. The molecule has 13 rings (SSSR count). The third kappa shape index (κ3) is 6.16. The number of benzene rings is 9. The fourth-order valence-electron chi connectivity index (χ4n) is 13.8. The predicted molar refractivity (Wildman–Crippen MR) is 285 cm³/mol. The van der Waals surface area contributed by atoms with Crippen LogP contribution in [0, 0.1) is 17.8 Å². The molecule has 2 fully saturated rings. The maximum absolute atomic E-state index is 2.64. The number of hydrogen-bond acceptors (Lipinski definition) is 1. The van der Waals surface area contributed by atoms with E-state index in [0.717, 1.165) is 11.4 Å². The lowest BCUT2D eigenvalue weighted by molar-refractivity contribution is 0.121. The van der Waals surface area contributed by atoms with Crippen LogP contribution in [-0.4, -0.2) is 4.57 Å². The summed E-state index contributed by atoms with van der Waals surface area (Å²) in [6, 6.07) is 82.5. The van der Waals surface area contributed by atoms with Crippen LogP contribution in [0.1, 0.15) is 79.3 Å². The van der Waals surface area contributed by atoms with Crippen LogP contribution in [0.25, 0.3) is 38.3 Å². The Hall–Kier alpha value is -7.42. The molecule has 0 spiro atoms. The smallest absolute Gasteiger partial charge is 0.0707 e. The molecule has 0 radical (unpaired) electrons. The lowest BCUT2D eigenvalue weighted by atomic mass is 9.48. The lowest BCUT2D eigenvalue weighted by Gasteiger charge is -2.55. The Morgan fingerprint density at radius 2 is 1.00 bits per heavy atom. The van der Waals surface area contributed by atoms with Crippen molar-refractivity contribution in [2.75, 3.05) is 4.90 Å².